The van der Waals surface area contributed by atoms with Crippen LogP contribution in [0.5, 0.6) is 0 Å². The molecule has 0 radical (unpaired) electrons. The molecule has 0 aromatic heterocycles. The van der Waals surface area contributed by atoms with Crippen molar-refractivity contribution in [3.8, 4) is 0 Å². The molecule has 2 amide bonds. The fourth-order valence-corrected chi connectivity index (χ4v) is 1.82. The third kappa shape index (κ3) is 1.50. The summed E-state index contributed by atoms with van der Waals surface area (Å²) in [6.45, 7) is 0. The van der Waals surface area contributed by atoms with Crippen molar-refractivity contribution in [1.29, 1.82) is 0 Å². The summed E-state index contributed by atoms with van der Waals surface area (Å²) in [6.07, 6.45) is 4.26. The number of nitrogens with one attached hydrogen (secondary N) is 1. The first-order chi connectivity index (χ1) is 6.68. The smallest absolute Gasteiger partial charge is 0.236 e. The van der Waals surface area contributed by atoms with Gasteiger partial charge in [-0.3, -0.25) is 19.9 Å². The minimum Gasteiger partial charge on any atom is -0.296 e. The van der Waals surface area contributed by atoms with Gasteiger partial charge in [0.25, 0.3) is 0 Å². The number of imide groups is 1. The molecule has 5 heteroatoms. The lowest BCUT2D eigenvalue weighted by Gasteiger charge is -2.12. The lowest BCUT2D eigenvalue weighted by Crippen LogP contribution is -2.30. The number of carbonyl (C=O) groups excluding carboxylic acids is 2. The van der Waals surface area contributed by atoms with E-state index in [2.05, 4.69) is 10.3 Å². The van der Waals surface area contributed by atoms with Crippen LogP contribution in [0.1, 0.15) is 12.8 Å². The summed E-state index contributed by atoms with van der Waals surface area (Å²) in [5.41, 5.74) is 0.575. The van der Waals surface area contributed by atoms with E-state index in [1.807, 2.05) is 6.08 Å². The van der Waals surface area contributed by atoms with Gasteiger partial charge < -0.3 is 0 Å². The zero-order valence-electron chi connectivity index (χ0n) is 7.32. The van der Waals surface area contributed by atoms with Gasteiger partial charge in [0.05, 0.1) is 11.6 Å². The van der Waals surface area contributed by atoms with Crippen molar-refractivity contribution in [2.75, 3.05) is 0 Å². The van der Waals surface area contributed by atoms with E-state index in [1.165, 1.54) is 0 Å². The SMILES string of the molecule is O=C1CC(C2=NC=CCC2=S)C(=O)N1. The van der Waals surface area contributed by atoms with E-state index < -0.39 is 5.92 Å². The topological polar surface area (TPSA) is 58.5 Å². The van der Waals surface area contributed by atoms with Gasteiger partial charge in [0.15, 0.2) is 0 Å². The second kappa shape index (κ2) is 3.42. The predicted molar refractivity (Wildman–Crippen MR) is 55.0 cm³/mol. The molecular formula is C9H8N2O2S. The number of nitrogens with zero attached hydrogens (tertiary/aromatic N) is 1. The number of allylic oxidation sites excluding steroid dienone is 1. The van der Waals surface area contributed by atoms with Gasteiger partial charge in [0, 0.05) is 23.9 Å². The Morgan fingerprint density at radius 3 is 2.86 bits per heavy atom. The zero-order chi connectivity index (χ0) is 10.1. The largest absolute Gasteiger partial charge is 0.296 e. The monoisotopic (exact) mass is 208 g/mol. The second-order valence-corrected chi connectivity index (χ2v) is 3.69. The first kappa shape index (κ1) is 9.21. The molecule has 14 heavy (non-hydrogen) atoms. The summed E-state index contributed by atoms with van der Waals surface area (Å²) < 4.78 is 0. The molecule has 0 bridgehead atoms. The van der Waals surface area contributed by atoms with E-state index in [4.69, 9.17) is 12.2 Å². The summed E-state index contributed by atoms with van der Waals surface area (Å²) >= 11 is 5.08. The molecule has 72 valence electrons. The van der Waals surface area contributed by atoms with Crippen LogP contribution in [0.15, 0.2) is 17.3 Å². The van der Waals surface area contributed by atoms with Crippen LogP contribution in [0, 0.1) is 5.92 Å². The van der Waals surface area contributed by atoms with Crippen molar-refractivity contribution in [2.24, 2.45) is 10.9 Å². The molecule has 2 rings (SSSR count). The highest BCUT2D eigenvalue weighted by Crippen LogP contribution is 2.17. The highest BCUT2D eigenvalue weighted by molar-refractivity contribution is 7.82. The van der Waals surface area contributed by atoms with Gasteiger partial charge in [-0.2, -0.15) is 0 Å². The van der Waals surface area contributed by atoms with E-state index in [-0.39, 0.29) is 18.2 Å². The normalized spacial score (nSPS) is 26.4. The Morgan fingerprint density at radius 2 is 2.29 bits per heavy atom. The van der Waals surface area contributed by atoms with Gasteiger partial charge in [-0.15, -0.1) is 0 Å². The van der Waals surface area contributed by atoms with E-state index in [0.717, 1.165) is 0 Å². The highest BCUT2D eigenvalue weighted by atomic mass is 32.1. The summed E-state index contributed by atoms with van der Waals surface area (Å²) in [4.78, 5) is 27.0. The van der Waals surface area contributed by atoms with Gasteiger partial charge in [-0.05, 0) is 0 Å². The molecule has 1 unspecified atom stereocenters. The number of thiocarbonyl (C=S) groups is 1. The first-order valence-electron chi connectivity index (χ1n) is 4.28. The molecule has 0 aromatic rings. The Hall–Kier alpha value is -1.36. The fourth-order valence-electron chi connectivity index (χ4n) is 1.53. The van der Waals surface area contributed by atoms with Crippen molar-refractivity contribution in [3.63, 3.8) is 0 Å². The minimum atomic E-state index is -0.472. The maximum atomic E-state index is 11.3. The minimum absolute atomic E-state index is 0.172. The van der Waals surface area contributed by atoms with Crippen LogP contribution in [0.2, 0.25) is 0 Å². The van der Waals surface area contributed by atoms with Crippen molar-refractivity contribution in [1.82, 2.24) is 5.32 Å². The lowest BCUT2D eigenvalue weighted by molar-refractivity contribution is -0.125. The quantitative estimate of drug-likeness (QED) is 0.500. The summed E-state index contributed by atoms with van der Waals surface area (Å²) in [5, 5.41) is 2.24. The number of hydrogen-bond donors (Lipinski definition) is 1. The van der Waals surface area contributed by atoms with Gasteiger partial charge in [-0.25, -0.2) is 0 Å². The average molecular weight is 208 g/mol. The Morgan fingerprint density at radius 1 is 1.50 bits per heavy atom. The number of amides is 2. The third-order valence-corrected chi connectivity index (χ3v) is 2.58. The molecule has 1 atom stereocenters. The highest BCUT2D eigenvalue weighted by Gasteiger charge is 2.36. The molecule has 0 aliphatic carbocycles. The van der Waals surface area contributed by atoms with Crippen molar-refractivity contribution in [2.45, 2.75) is 12.8 Å². The van der Waals surface area contributed by atoms with Crippen molar-refractivity contribution < 1.29 is 9.59 Å². The molecule has 0 spiro atoms. The zero-order valence-corrected chi connectivity index (χ0v) is 8.13. The molecule has 2 heterocycles. The van der Waals surface area contributed by atoms with Crippen molar-refractivity contribution in [3.05, 3.63) is 12.3 Å². The van der Waals surface area contributed by atoms with Gasteiger partial charge >= 0.3 is 0 Å². The Labute approximate surface area is 86.1 Å². The molecule has 4 nitrogen and oxygen atoms in total. The van der Waals surface area contributed by atoms with Crippen LogP contribution in [0.3, 0.4) is 0 Å². The molecular weight excluding hydrogens is 200 g/mol. The van der Waals surface area contributed by atoms with Gasteiger partial charge in [0.2, 0.25) is 11.8 Å². The molecule has 1 N–H and O–H groups in total. The fraction of sp³-hybridized carbons (Fsp3) is 0.333. The van der Waals surface area contributed by atoms with Crippen LogP contribution in [-0.2, 0) is 9.59 Å². The molecule has 2 aliphatic rings. The van der Waals surface area contributed by atoms with Crippen LogP contribution < -0.4 is 5.32 Å². The second-order valence-electron chi connectivity index (χ2n) is 3.20. The standard InChI is InChI=1S/C9H8N2O2S/c12-7-4-5(9(13)11-7)8-6(14)2-1-3-10-8/h1,3,5H,2,4H2,(H,11,12,13). The molecule has 1 fully saturated rings. The van der Waals surface area contributed by atoms with Crippen LogP contribution in [0.25, 0.3) is 0 Å². The van der Waals surface area contributed by atoms with Crippen LogP contribution in [-0.4, -0.2) is 22.4 Å². The van der Waals surface area contributed by atoms with Crippen molar-refractivity contribution >= 4 is 34.6 Å². The number of hydrogen-bond acceptors (Lipinski definition) is 4. The number of rotatable bonds is 1. The Balaban J connectivity index is 2.26. The first-order valence-corrected chi connectivity index (χ1v) is 4.69. The Kier molecular flexibility index (Phi) is 2.25. The average Bonchev–Trinajstić information content (AvgIpc) is 2.46. The van der Waals surface area contributed by atoms with Gasteiger partial charge in [-0.1, -0.05) is 18.3 Å². The molecule has 2 aliphatic heterocycles. The lowest BCUT2D eigenvalue weighted by atomic mass is 9.96. The molecule has 1 saturated heterocycles. The number of carbonyl (C=O) groups is 2. The Bertz CT molecular complexity index is 384. The van der Waals surface area contributed by atoms with Gasteiger partial charge in [0.1, 0.15) is 0 Å². The summed E-state index contributed by atoms with van der Waals surface area (Å²) in [6, 6.07) is 0. The summed E-state index contributed by atoms with van der Waals surface area (Å²) in [7, 11) is 0. The maximum Gasteiger partial charge on any atom is 0.236 e. The van der Waals surface area contributed by atoms with E-state index in [1.54, 1.807) is 6.20 Å². The summed E-state index contributed by atoms with van der Waals surface area (Å²) in [5.74, 6) is -1.01. The van der Waals surface area contributed by atoms with Crippen LogP contribution in [0.4, 0.5) is 0 Å². The number of aliphatic imine (C=N–C) groups is 1. The predicted octanol–water partition coefficient (Wildman–Crippen LogP) is 0.377. The molecule has 0 aromatic carbocycles. The van der Waals surface area contributed by atoms with E-state index in [0.29, 0.717) is 17.0 Å². The molecule has 0 saturated carbocycles. The van der Waals surface area contributed by atoms with E-state index in [9.17, 15) is 9.59 Å². The van der Waals surface area contributed by atoms with Crippen LogP contribution >= 0.6 is 12.2 Å². The third-order valence-electron chi connectivity index (χ3n) is 2.21. The van der Waals surface area contributed by atoms with E-state index >= 15 is 0 Å². The maximum absolute atomic E-state index is 11.3.